The second-order valence-electron chi connectivity index (χ2n) is 6.45. The lowest BCUT2D eigenvalue weighted by Gasteiger charge is -2.09. The summed E-state index contributed by atoms with van der Waals surface area (Å²) in [5, 5.41) is 8.68. The molecule has 0 radical (unpaired) electrons. The Labute approximate surface area is 170 Å². The van der Waals surface area contributed by atoms with Crippen molar-refractivity contribution in [2.75, 3.05) is 11.1 Å². The van der Waals surface area contributed by atoms with E-state index in [0.29, 0.717) is 33.6 Å². The zero-order valence-electron chi connectivity index (χ0n) is 15.0. The van der Waals surface area contributed by atoms with Crippen LogP contribution in [-0.4, -0.2) is 14.6 Å². The number of nitrogens with two attached hydrogens (primary N) is 1. The maximum absolute atomic E-state index is 12.6. The minimum absolute atomic E-state index is 0.220. The van der Waals surface area contributed by atoms with Gasteiger partial charge in [-0.15, -0.1) is 0 Å². The predicted molar refractivity (Wildman–Crippen MR) is 114 cm³/mol. The van der Waals surface area contributed by atoms with Gasteiger partial charge in [0.25, 0.3) is 5.56 Å². The fraction of sp³-hybridized carbons (Fsp3) is 0.100. The Bertz CT molecular complexity index is 1230. The van der Waals surface area contributed by atoms with Gasteiger partial charge in [-0.05, 0) is 43.3 Å². The number of halogens is 2. The van der Waals surface area contributed by atoms with Crippen LogP contribution in [0.3, 0.4) is 0 Å². The van der Waals surface area contributed by atoms with Crippen LogP contribution in [-0.2, 0) is 6.54 Å². The first-order valence-corrected chi connectivity index (χ1v) is 9.34. The molecule has 0 aliphatic heterocycles. The Morgan fingerprint density at radius 2 is 1.89 bits per heavy atom. The first-order chi connectivity index (χ1) is 13.4. The molecular weight excluding hydrogens is 397 g/mol. The summed E-state index contributed by atoms with van der Waals surface area (Å²) < 4.78 is 1.35. The van der Waals surface area contributed by atoms with Crippen LogP contribution in [0.1, 0.15) is 11.4 Å². The van der Waals surface area contributed by atoms with Crippen LogP contribution in [0.25, 0.3) is 16.8 Å². The van der Waals surface area contributed by atoms with Gasteiger partial charge >= 0.3 is 0 Å². The van der Waals surface area contributed by atoms with Crippen LogP contribution >= 0.6 is 23.2 Å². The van der Waals surface area contributed by atoms with E-state index < -0.39 is 0 Å². The van der Waals surface area contributed by atoms with Gasteiger partial charge in [-0.25, -0.2) is 0 Å². The molecule has 0 saturated heterocycles. The fourth-order valence-electron chi connectivity index (χ4n) is 3.11. The van der Waals surface area contributed by atoms with E-state index in [-0.39, 0.29) is 5.56 Å². The van der Waals surface area contributed by atoms with Crippen LogP contribution in [0.5, 0.6) is 0 Å². The molecule has 8 heteroatoms. The normalized spacial score (nSPS) is 11.1. The number of anilines is 2. The molecule has 4 N–H and O–H groups in total. The van der Waals surface area contributed by atoms with Crippen molar-refractivity contribution in [3.8, 4) is 11.1 Å². The third-order valence-electron chi connectivity index (χ3n) is 4.44. The van der Waals surface area contributed by atoms with Gasteiger partial charge in [-0.1, -0.05) is 29.3 Å². The Kier molecular flexibility index (Phi) is 4.75. The average molecular weight is 414 g/mol. The van der Waals surface area contributed by atoms with Gasteiger partial charge in [-0.3, -0.25) is 4.79 Å². The molecule has 0 unspecified atom stereocenters. The summed E-state index contributed by atoms with van der Waals surface area (Å²) in [7, 11) is 0. The Balaban J connectivity index is 1.76. The molecule has 0 spiro atoms. The number of fused-ring (bicyclic) bond motifs is 1. The zero-order chi connectivity index (χ0) is 19.8. The number of aromatic nitrogens is 3. The van der Waals surface area contributed by atoms with Crippen molar-refractivity contribution in [3.05, 3.63) is 80.3 Å². The molecule has 0 fully saturated rings. The van der Waals surface area contributed by atoms with E-state index in [4.69, 9.17) is 28.9 Å². The summed E-state index contributed by atoms with van der Waals surface area (Å²) in [6.07, 6.45) is 0. The lowest BCUT2D eigenvalue weighted by Crippen LogP contribution is -2.17. The third kappa shape index (κ3) is 3.44. The number of aromatic amines is 1. The molecule has 4 rings (SSSR count). The maximum atomic E-state index is 12.6. The van der Waals surface area contributed by atoms with Gasteiger partial charge in [-0.2, -0.15) is 9.61 Å². The minimum atomic E-state index is -0.220. The highest BCUT2D eigenvalue weighted by molar-refractivity contribution is 6.36. The Morgan fingerprint density at radius 1 is 1.14 bits per heavy atom. The number of hydrogen-bond acceptors (Lipinski definition) is 4. The number of nitrogens with zero attached hydrogens (tertiary/aromatic N) is 2. The van der Waals surface area contributed by atoms with Crippen LogP contribution in [0.4, 0.5) is 11.4 Å². The van der Waals surface area contributed by atoms with Crippen LogP contribution in [0.15, 0.2) is 53.3 Å². The minimum Gasteiger partial charge on any atom is -0.399 e. The van der Waals surface area contributed by atoms with Crippen LogP contribution in [0.2, 0.25) is 10.0 Å². The second kappa shape index (κ2) is 7.22. The number of nitrogens with one attached hydrogen (secondary N) is 2. The van der Waals surface area contributed by atoms with E-state index in [1.165, 1.54) is 10.6 Å². The van der Waals surface area contributed by atoms with Gasteiger partial charge in [0.05, 0.1) is 17.3 Å². The summed E-state index contributed by atoms with van der Waals surface area (Å²) in [5.41, 5.74) is 10.6. The molecule has 0 atom stereocenters. The highest BCUT2D eigenvalue weighted by Crippen LogP contribution is 2.34. The fourth-order valence-corrected chi connectivity index (χ4v) is 3.61. The maximum Gasteiger partial charge on any atom is 0.274 e. The smallest absolute Gasteiger partial charge is 0.274 e. The molecule has 2 aromatic heterocycles. The molecular formula is C20H17Cl2N5O. The SMILES string of the molecule is Cc1nn2c(=O)cc(CNc3ccc(N)cc3)[nH]c2c1-c1ccc(Cl)cc1Cl. The van der Waals surface area contributed by atoms with E-state index >= 15 is 0 Å². The first-order valence-electron chi connectivity index (χ1n) is 8.59. The van der Waals surface area contributed by atoms with Crippen molar-refractivity contribution < 1.29 is 0 Å². The molecule has 6 nitrogen and oxygen atoms in total. The Hall–Kier alpha value is -2.96. The largest absolute Gasteiger partial charge is 0.399 e. The van der Waals surface area contributed by atoms with Crippen molar-refractivity contribution in [1.82, 2.24) is 14.6 Å². The van der Waals surface area contributed by atoms with E-state index in [1.807, 2.05) is 37.3 Å². The number of rotatable bonds is 4. The summed E-state index contributed by atoms with van der Waals surface area (Å²) >= 11 is 12.4. The van der Waals surface area contributed by atoms with E-state index in [9.17, 15) is 4.79 Å². The second-order valence-corrected chi connectivity index (χ2v) is 7.30. The summed E-state index contributed by atoms with van der Waals surface area (Å²) in [5.74, 6) is 0. The molecule has 4 aromatic rings. The van der Waals surface area contributed by atoms with Gasteiger partial charge in [0.2, 0.25) is 0 Å². The van der Waals surface area contributed by atoms with Crippen molar-refractivity contribution in [2.24, 2.45) is 0 Å². The highest BCUT2D eigenvalue weighted by Gasteiger charge is 2.17. The van der Waals surface area contributed by atoms with E-state index in [1.54, 1.807) is 12.1 Å². The number of nitrogen functional groups attached to an aromatic ring is 1. The topological polar surface area (TPSA) is 88.2 Å². The van der Waals surface area contributed by atoms with Gasteiger partial charge in [0.1, 0.15) is 5.65 Å². The molecule has 0 aliphatic carbocycles. The van der Waals surface area contributed by atoms with Crippen LogP contribution < -0.4 is 16.6 Å². The number of benzene rings is 2. The number of aryl methyl sites for hydroxylation is 1. The average Bonchev–Trinajstić information content (AvgIpc) is 2.98. The van der Waals surface area contributed by atoms with Crippen molar-refractivity contribution in [2.45, 2.75) is 13.5 Å². The van der Waals surface area contributed by atoms with Crippen molar-refractivity contribution >= 4 is 40.2 Å². The summed E-state index contributed by atoms with van der Waals surface area (Å²) in [4.78, 5) is 15.9. The zero-order valence-corrected chi connectivity index (χ0v) is 16.5. The molecule has 0 saturated carbocycles. The lowest BCUT2D eigenvalue weighted by molar-refractivity contribution is 0.863. The van der Waals surface area contributed by atoms with Gasteiger partial charge in [0, 0.05) is 39.3 Å². The van der Waals surface area contributed by atoms with Crippen LogP contribution in [0, 0.1) is 6.92 Å². The quantitative estimate of drug-likeness (QED) is 0.429. The Morgan fingerprint density at radius 3 is 2.61 bits per heavy atom. The predicted octanol–water partition coefficient (Wildman–Crippen LogP) is 4.50. The lowest BCUT2D eigenvalue weighted by atomic mass is 10.1. The highest BCUT2D eigenvalue weighted by atomic mass is 35.5. The standard InChI is InChI=1S/C20H17Cl2N5O/c1-11-19(16-7-2-12(21)8-17(16)22)20-25-15(9-18(28)27(20)26-11)10-24-14-5-3-13(23)4-6-14/h2-9,24-25H,10,23H2,1H3. The third-order valence-corrected chi connectivity index (χ3v) is 4.99. The van der Waals surface area contributed by atoms with Crippen molar-refractivity contribution in [1.29, 1.82) is 0 Å². The molecule has 28 heavy (non-hydrogen) atoms. The molecule has 0 aliphatic rings. The summed E-state index contributed by atoms with van der Waals surface area (Å²) in [6, 6.07) is 14.2. The molecule has 0 amide bonds. The van der Waals surface area contributed by atoms with E-state index in [2.05, 4.69) is 15.4 Å². The number of H-pyrrole nitrogens is 1. The summed E-state index contributed by atoms with van der Waals surface area (Å²) in [6.45, 7) is 2.28. The van der Waals surface area contributed by atoms with E-state index in [0.717, 1.165) is 22.5 Å². The monoisotopic (exact) mass is 413 g/mol. The molecule has 2 heterocycles. The van der Waals surface area contributed by atoms with Gasteiger partial charge < -0.3 is 16.0 Å². The molecule has 142 valence electrons. The van der Waals surface area contributed by atoms with Crippen molar-refractivity contribution in [3.63, 3.8) is 0 Å². The molecule has 2 aromatic carbocycles. The van der Waals surface area contributed by atoms with Gasteiger partial charge in [0.15, 0.2) is 0 Å². The first kappa shape index (κ1) is 18.4. The number of hydrogen-bond donors (Lipinski definition) is 3. The molecule has 0 bridgehead atoms.